The molecule has 6 heteroatoms. The fourth-order valence-electron chi connectivity index (χ4n) is 3.34. The fraction of sp³-hybridized carbons (Fsp3) is 0.250. The van der Waals surface area contributed by atoms with Crippen molar-refractivity contribution in [2.45, 2.75) is 25.8 Å². The molecule has 132 valence electrons. The molecule has 1 amide bonds. The molecular formula is C20H19N3O2S. The van der Waals surface area contributed by atoms with E-state index in [0.29, 0.717) is 12.2 Å². The third-order valence-electron chi connectivity index (χ3n) is 4.76. The van der Waals surface area contributed by atoms with Crippen LogP contribution in [-0.4, -0.2) is 22.2 Å². The molecule has 0 radical (unpaired) electrons. The van der Waals surface area contributed by atoms with Gasteiger partial charge in [0, 0.05) is 18.3 Å². The van der Waals surface area contributed by atoms with E-state index in [1.54, 1.807) is 36.2 Å². The molecule has 4 rings (SSSR count). The number of nitrogens with zero attached hydrogens (tertiary/aromatic N) is 3. The van der Waals surface area contributed by atoms with E-state index in [-0.39, 0.29) is 11.5 Å². The summed E-state index contributed by atoms with van der Waals surface area (Å²) in [7, 11) is 0. The quantitative estimate of drug-likeness (QED) is 0.716. The first-order valence-electron chi connectivity index (χ1n) is 8.53. The molecule has 3 heterocycles. The lowest BCUT2D eigenvalue weighted by Gasteiger charge is -2.30. The molecule has 5 nitrogen and oxygen atoms in total. The van der Waals surface area contributed by atoms with Gasteiger partial charge >= 0.3 is 0 Å². The number of aromatic nitrogens is 2. The molecule has 0 aliphatic carbocycles. The van der Waals surface area contributed by atoms with Crippen molar-refractivity contribution in [1.82, 2.24) is 9.78 Å². The minimum atomic E-state index is -1.08. The van der Waals surface area contributed by atoms with Crippen molar-refractivity contribution >= 4 is 22.9 Å². The summed E-state index contributed by atoms with van der Waals surface area (Å²) < 4.78 is 1.31. The molecule has 1 aliphatic heterocycles. The van der Waals surface area contributed by atoms with Crippen LogP contribution in [0.5, 0.6) is 0 Å². The van der Waals surface area contributed by atoms with Crippen molar-refractivity contribution in [3.63, 3.8) is 0 Å². The van der Waals surface area contributed by atoms with E-state index in [9.17, 15) is 9.59 Å². The lowest BCUT2D eigenvalue weighted by Crippen LogP contribution is -2.51. The molecular weight excluding hydrogens is 346 g/mol. The van der Waals surface area contributed by atoms with Gasteiger partial charge in [-0.25, -0.2) is 4.68 Å². The highest BCUT2D eigenvalue weighted by molar-refractivity contribution is 7.13. The van der Waals surface area contributed by atoms with Gasteiger partial charge in [0.1, 0.15) is 11.2 Å². The lowest BCUT2D eigenvalue weighted by atomic mass is 10.0. The molecule has 1 aromatic carbocycles. The first kappa shape index (κ1) is 16.7. The first-order valence-corrected chi connectivity index (χ1v) is 9.41. The second-order valence-electron chi connectivity index (χ2n) is 6.84. The Morgan fingerprint density at radius 3 is 2.69 bits per heavy atom. The summed E-state index contributed by atoms with van der Waals surface area (Å²) in [6.07, 6.45) is 0.829. The van der Waals surface area contributed by atoms with E-state index in [4.69, 9.17) is 0 Å². The molecule has 0 saturated carbocycles. The van der Waals surface area contributed by atoms with Gasteiger partial charge < -0.3 is 4.90 Å². The number of thiophene rings is 1. The van der Waals surface area contributed by atoms with E-state index >= 15 is 0 Å². The standard InChI is InChI=1S/C20H19N3O2S/c1-20(2,19(25)22-12-11-14-6-3-4-7-16(14)22)23-18(24)10-9-15(21-23)17-8-5-13-26-17/h3-10,13H,11-12H2,1-2H3. The summed E-state index contributed by atoms with van der Waals surface area (Å²) in [5.74, 6) is -0.125. The average molecular weight is 365 g/mol. The predicted octanol–water partition coefficient (Wildman–Crippen LogP) is 3.30. The topological polar surface area (TPSA) is 55.2 Å². The Kier molecular flexibility index (Phi) is 4.00. The van der Waals surface area contributed by atoms with Gasteiger partial charge in [0.05, 0.1) is 4.88 Å². The van der Waals surface area contributed by atoms with Crippen molar-refractivity contribution in [3.8, 4) is 10.6 Å². The Labute approximate surface area is 155 Å². The van der Waals surface area contributed by atoms with Crippen molar-refractivity contribution in [3.05, 3.63) is 69.8 Å². The van der Waals surface area contributed by atoms with Gasteiger partial charge in [0.15, 0.2) is 0 Å². The normalized spacial score (nSPS) is 13.7. The highest BCUT2D eigenvalue weighted by Crippen LogP contribution is 2.31. The molecule has 3 aromatic rings. The molecule has 2 aromatic heterocycles. The third-order valence-corrected chi connectivity index (χ3v) is 5.65. The predicted molar refractivity (Wildman–Crippen MR) is 104 cm³/mol. The molecule has 0 spiro atoms. The highest BCUT2D eigenvalue weighted by Gasteiger charge is 2.38. The number of benzene rings is 1. The van der Waals surface area contributed by atoms with Crippen LogP contribution in [0, 0.1) is 0 Å². The Balaban J connectivity index is 1.74. The first-order chi connectivity index (χ1) is 12.5. The lowest BCUT2D eigenvalue weighted by molar-refractivity contribution is -0.126. The van der Waals surface area contributed by atoms with Gasteiger partial charge in [-0.1, -0.05) is 24.3 Å². The van der Waals surface area contributed by atoms with Crippen LogP contribution in [0.4, 0.5) is 5.69 Å². The van der Waals surface area contributed by atoms with Crippen LogP contribution in [-0.2, 0) is 16.8 Å². The summed E-state index contributed by atoms with van der Waals surface area (Å²) >= 11 is 1.55. The number of anilines is 1. The maximum atomic E-state index is 13.3. The highest BCUT2D eigenvalue weighted by atomic mass is 32.1. The van der Waals surface area contributed by atoms with Crippen molar-refractivity contribution in [2.75, 3.05) is 11.4 Å². The number of fused-ring (bicyclic) bond motifs is 1. The molecule has 26 heavy (non-hydrogen) atoms. The molecule has 0 N–H and O–H groups in total. The van der Waals surface area contributed by atoms with Crippen molar-refractivity contribution in [1.29, 1.82) is 0 Å². The van der Waals surface area contributed by atoms with Crippen LogP contribution in [0.15, 0.2) is 58.7 Å². The summed E-state index contributed by atoms with van der Waals surface area (Å²) in [6, 6.07) is 15.0. The second kappa shape index (κ2) is 6.21. The van der Waals surface area contributed by atoms with Gasteiger partial charge in [0.2, 0.25) is 0 Å². The van der Waals surface area contributed by atoms with E-state index in [1.165, 1.54) is 10.7 Å². The van der Waals surface area contributed by atoms with Gasteiger partial charge in [0.25, 0.3) is 11.5 Å². The van der Waals surface area contributed by atoms with Gasteiger partial charge in [-0.15, -0.1) is 11.3 Å². The fourth-order valence-corrected chi connectivity index (χ4v) is 4.03. The molecule has 0 saturated heterocycles. The molecule has 0 atom stereocenters. The monoisotopic (exact) mass is 365 g/mol. The number of amides is 1. The van der Waals surface area contributed by atoms with Gasteiger partial charge in [-0.3, -0.25) is 9.59 Å². The maximum absolute atomic E-state index is 13.3. The number of carbonyl (C=O) groups excluding carboxylic acids is 1. The number of hydrogen-bond acceptors (Lipinski definition) is 4. The molecule has 1 aliphatic rings. The van der Waals surface area contributed by atoms with Crippen LogP contribution in [0.3, 0.4) is 0 Å². The smallest absolute Gasteiger partial charge is 0.267 e. The van der Waals surface area contributed by atoms with Gasteiger partial charge in [-0.2, -0.15) is 5.10 Å². The second-order valence-corrected chi connectivity index (χ2v) is 7.79. The van der Waals surface area contributed by atoms with Crippen molar-refractivity contribution in [2.24, 2.45) is 0 Å². The maximum Gasteiger partial charge on any atom is 0.267 e. The number of rotatable bonds is 3. The summed E-state index contributed by atoms with van der Waals surface area (Å²) in [6.45, 7) is 4.13. The van der Waals surface area contributed by atoms with Crippen LogP contribution >= 0.6 is 11.3 Å². The Morgan fingerprint density at radius 1 is 1.12 bits per heavy atom. The van der Waals surface area contributed by atoms with Gasteiger partial charge in [-0.05, 0) is 49.4 Å². The zero-order chi connectivity index (χ0) is 18.3. The number of para-hydroxylation sites is 1. The zero-order valence-electron chi connectivity index (χ0n) is 14.7. The van der Waals surface area contributed by atoms with E-state index in [1.807, 2.05) is 41.8 Å². The number of carbonyl (C=O) groups is 1. The SMILES string of the molecule is CC(C)(C(=O)N1CCc2ccccc21)n1nc(-c2cccs2)ccc1=O. The molecule has 0 bridgehead atoms. The third kappa shape index (κ3) is 2.66. The number of hydrogen-bond donors (Lipinski definition) is 0. The minimum Gasteiger partial charge on any atom is -0.310 e. The van der Waals surface area contributed by atoms with Crippen LogP contribution in [0.1, 0.15) is 19.4 Å². The summed E-state index contributed by atoms with van der Waals surface area (Å²) in [4.78, 5) is 28.5. The summed E-state index contributed by atoms with van der Waals surface area (Å²) in [5.41, 5.74) is 1.41. The van der Waals surface area contributed by atoms with Crippen LogP contribution in [0.25, 0.3) is 10.6 Å². The largest absolute Gasteiger partial charge is 0.310 e. The average Bonchev–Trinajstić information content (AvgIpc) is 3.31. The molecule has 0 fully saturated rings. The Bertz CT molecular complexity index is 1020. The zero-order valence-corrected chi connectivity index (χ0v) is 15.5. The van der Waals surface area contributed by atoms with Crippen LogP contribution < -0.4 is 10.5 Å². The Hall–Kier alpha value is -2.73. The van der Waals surface area contributed by atoms with Crippen molar-refractivity contribution < 1.29 is 4.79 Å². The molecule has 0 unspecified atom stereocenters. The Morgan fingerprint density at radius 2 is 1.92 bits per heavy atom. The summed E-state index contributed by atoms with van der Waals surface area (Å²) in [5, 5.41) is 6.46. The van der Waals surface area contributed by atoms with E-state index in [2.05, 4.69) is 5.10 Å². The van der Waals surface area contributed by atoms with E-state index in [0.717, 1.165) is 22.5 Å². The van der Waals surface area contributed by atoms with Crippen LogP contribution in [0.2, 0.25) is 0 Å². The van der Waals surface area contributed by atoms with E-state index < -0.39 is 5.54 Å². The minimum absolute atomic E-state index is 0.125.